The molecule has 1 heterocycles. The van der Waals surface area contributed by atoms with E-state index in [1.807, 2.05) is 30.3 Å². The molecule has 0 fully saturated rings. The fourth-order valence-corrected chi connectivity index (χ4v) is 4.09. The van der Waals surface area contributed by atoms with Crippen molar-refractivity contribution in [1.82, 2.24) is 20.2 Å². The molecule has 0 bridgehead atoms. The van der Waals surface area contributed by atoms with Crippen LogP contribution >= 0.6 is 0 Å². The van der Waals surface area contributed by atoms with Crippen molar-refractivity contribution in [2.24, 2.45) is 0 Å². The van der Waals surface area contributed by atoms with Crippen molar-refractivity contribution in [2.75, 3.05) is 0 Å². The summed E-state index contributed by atoms with van der Waals surface area (Å²) in [4.78, 5) is 20.8. The molecule has 0 amide bonds. The van der Waals surface area contributed by atoms with Crippen LogP contribution in [0, 0.1) is 20.2 Å². The second-order valence-electron chi connectivity index (χ2n) is 5.22. The molecule has 0 radical (unpaired) electrons. The third-order valence-electron chi connectivity index (χ3n) is 3.51. The Kier molecular flexibility index (Phi) is 5.30. The summed E-state index contributed by atoms with van der Waals surface area (Å²) in [6, 6.07) is 13.4. The van der Waals surface area contributed by atoms with Gasteiger partial charge in [0.15, 0.2) is 0 Å². The molecule has 0 saturated heterocycles. The fourth-order valence-electron chi connectivity index (χ4n) is 2.26. The molecule has 0 N–H and O–H groups in total. The first-order valence-electron chi connectivity index (χ1n) is 7.39. The minimum atomic E-state index is -0.650. The van der Waals surface area contributed by atoms with Crippen LogP contribution in [0.1, 0.15) is 11.1 Å². The molecule has 2 aromatic carbocycles. The van der Waals surface area contributed by atoms with Gasteiger partial charge in [0.2, 0.25) is 0 Å². The Balaban J connectivity index is 1.77. The van der Waals surface area contributed by atoms with E-state index in [-0.39, 0.29) is 26.3 Å². The van der Waals surface area contributed by atoms with Crippen LogP contribution in [0.25, 0.3) is 0 Å². The van der Waals surface area contributed by atoms with Gasteiger partial charge in [-0.05, 0) is 0 Å². The van der Waals surface area contributed by atoms with E-state index in [1.165, 1.54) is 12.1 Å². The van der Waals surface area contributed by atoms with Crippen LogP contribution in [0.5, 0.6) is 0 Å². The summed E-state index contributed by atoms with van der Waals surface area (Å²) < 4.78 is 2.31. The van der Waals surface area contributed by atoms with Gasteiger partial charge in [-0.25, -0.2) is 0 Å². The molecule has 3 rings (SSSR count). The number of non-ortho nitro benzene ring substituents is 1. The molecule has 11 heteroatoms. The molecule has 3 aromatic rings. The first-order chi connectivity index (χ1) is 12.5. The molecule has 0 atom stereocenters. The first kappa shape index (κ1) is 17.6. The van der Waals surface area contributed by atoms with Crippen LogP contribution in [0.3, 0.4) is 0 Å². The SMILES string of the molecule is O=[N+]([O-])c1ccc(C[Se]c2nnnn2Cc2ccccc2)c([N+](=O)[O-])c1. The summed E-state index contributed by atoms with van der Waals surface area (Å²) in [7, 11) is 0. The van der Waals surface area contributed by atoms with Crippen LogP contribution in [0.15, 0.2) is 48.5 Å². The van der Waals surface area contributed by atoms with E-state index in [2.05, 4.69) is 15.5 Å². The Labute approximate surface area is 153 Å². The van der Waals surface area contributed by atoms with Crippen molar-refractivity contribution in [1.29, 1.82) is 0 Å². The van der Waals surface area contributed by atoms with Gasteiger partial charge in [-0.2, -0.15) is 0 Å². The zero-order valence-corrected chi connectivity index (χ0v) is 15.0. The molecular weight excluding hydrogens is 407 g/mol. The number of benzene rings is 2. The van der Waals surface area contributed by atoms with Crippen LogP contribution < -0.4 is 4.72 Å². The molecule has 0 unspecified atom stereocenters. The zero-order valence-electron chi connectivity index (χ0n) is 13.3. The second-order valence-corrected chi connectivity index (χ2v) is 7.20. The monoisotopic (exact) mass is 420 g/mol. The first-order valence-corrected chi connectivity index (χ1v) is 9.46. The van der Waals surface area contributed by atoms with Gasteiger partial charge >= 0.3 is 153 Å². The fraction of sp³-hybridized carbons (Fsp3) is 0.133. The van der Waals surface area contributed by atoms with Gasteiger partial charge in [-0.15, -0.1) is 0 Å². The molecule has 0 spiro atoms. The van der Waals surface area contributed by atoms with E-state index in [4.69, 9.17) is 0 Å². The summed E-state index contributed by atoms with van der Waals surface area (Å²) in [6.07, 6.45) is 0. The summed E-state index contributed by atoms with van der Waals surface area (Å²) >= 11 is -0.265. The van der Waals surface area contributed by atoms with Crippen molar-refractivity contribution in [2.45, 2.75) is 11.9 Å². The zero-order chi connectivity index (χ0) is 18.5. The number of hydrogen-bond donors (Lipinski definition) is 0. The second kappa shape index (κ2) is 7.81. The number of nitro groups is 2. The van der Waals surface area contributed by atoms with E-state index < -0.39 is 9.85 Å². The summed E-state index contributed by atoms with van der Waals surface area (Å²) in [5.41, 5.74) is 0.901. The van der Waals surface area contributed by atoms with Gasteiger partial charge < -0.3 is 0 Å². The van der Waals surface area contributed by atoms with Crippen molar-refractivity contribution < 1.29 is 9.85 Å². The normalized spacial score (nSPS) is 10.6. The van der Waals surface area contributed by atoms with Crippen LogP contribution in [0.4, 0.5) is 11.4 Å². The summed E-state index contributed by atoms with van der Waals surface area (Å²) in [5.74, 6) is 0. The maximum absolute atomic E-state index is 11.2. The Morgan fingerprint density at radius 3 is 2.50 bits per heavy atom. The standard InChI is InChI=1S/C15H12N6O4Se/c22-20(23)13-7-6-12(14(8-13)21(24)25)10-26-15-16-17-18-19(15)9-11-4-2-1-3-5-11/h1-8H,9-10H2. The Morgan fingerprint density at radius 1 is 1.04 bits per heavy atom. The molecular formula is C15H12N6O4Se. The molecule has 0 aliphatic carbocycles. The molecule has 132 valence electrons. The van der Waals surface area contributed by atoms with Crippen molar-refractivity contribution >= 4 is 31.1 Å². The number of aromatic nitrogens is 4. The number of nitro benzene ring substituents is 2. The predicted molar refractivity (Wildman–Crippen MR) is 92.2 cm³/mol. The average molecular weight is 419 g/mol. The van der Waals surface area contributed by atoms with Gasteiger partial charge in [0.25, 0.3) is 0 Å². The number of rotatable bonds is 7. The van der Waals surface area contributed by atoms with E-state index in [9.17, 15) is 20.2 Å². The van der Waals surface area contributed by atoms with Gasteiger partial charge in [-0.3, -0.25) is 0 Å². The van der Waals surface area contributed by atoms with Crippen molar-refractivity contribution in [3.8, 4) is 0 Å². The third-order valence-corrected chi connectivity index (χ3v) is 5.62. The Morgan fingerprint density at radius 2 is 1.81 bits per heavy atom. The summed E-state index contributed by atoms with van der Waals surface area (Å²) in [5, 5.41) is 34.0. The summed E-state index contributed by atoms with van der Waals surface area (Å²) in [6.45, 7) is 0.507. The van der Waals surface area contributed by atoms with Gasteiger partial charge in [0, 0.05) is 0 Å². The Hall–Kier alpha value is -3.17. The number of tetrazole rings is 1. The number of hydrogen-bond acceptors (Lipinski definition) is 7. The van der Waals surface area contributed by atoms with Crippen LogP contribution in [-0.4, -0.2) is 45.0 Å². The molecule has 0 aliphatic heterocycles. The minimum absolute atomic E-state index is 0.261. The molecule has 10 nitrogen and oxygen atoms in total. The molecule has 0 saturated carbocycles. The molecule has 1 aromatic heterocycles. The van der Waals surface area contributed by atoms with Crippen molar-refractivity contribution in [3.63, 3.8) is 0 Å². The van der Waals surface area contributed by atoms with Crippen LogP contribution in [0.2, 0.25) is 0 Å². The molecule has 26 heavy (non-hydrogen) atoms. The molecule has 0 aliphatic rings. The van der Waals surface area contributed by atoms with E-state index in [0.29, 0.717) is 22.2 Å². The maximum atomic E-state index is 11.2. The quantitative estimate of drug-likeness (QED) is 0.318. The van der Waals surface area contributed by atoms with Crippen LogP contribution in [-0.2, 0) is 11.9 Å². The topological polar surface area (TPSA) is 130 Å². The predicted octanol–water partition coefficient (Wildman–Crippen LogP) is 1.07. The van der Waals surface area contributed by atoms with Gasteiger partial charge in [0.1, 0.15) is 0 Å². The third kappa shape index (κ3) is 4.08. The van der Waals surface area contributed by atoms with Gasteiger partial charge in [0.05, 0.1) is 0 Å². The number of nitrogens with zero attached hydrogens (tertiary/aromatic N) is 6. The van der Waals surface area contributed by atoms with E-state index in [1.54, 1.807) is 4.68 Å². The van der Waals surface area contributed by atoms with E-state index in [0.717, 1.165) is 11.6 Å². The Bertz CT molecular complexity index is 946. The van der Waals surface area contributed by atoms with E-state index >= 15 is 0 Å². The average Bonchev–Trinajstić information content (AvgIpc) is 3.07. The van der Waals surface area contributed by atoms with Crippen molar-refractivity contribution in [3.05, 3.63) is 79.9 Å². The van der Waals surface area contributed by atoms with Gasteiger partial charge in [-0.1, -0.05) is 0 Å².